The van der Waals surface area contributed by atoms with Crippen molar-refractivity contribution in [3.63, 3.8) is 0 Å². The first-order valence-electron chi connectivity index (χ1n) is 8.23. The van der Waals surface area contributed by atoms with Crippen LogP contribution >= 0.6 is 35.3 Å². The summed E-state index contributed by atoms with van der Waals surface area (Å²) in [5.41, 5.74) is 1.37. The molecule has 1 aliphatic heterocycles. The summed E-state index contributed by atoms with van der Waals surface area (Å²) in [4.78, 5) is 4.66. The fraction of sp³-hybridized carbons (Fsp3) is 0.562. The van der Waals surface area contributed by atoms with Crippen molar-refractivity contribution in [2.75, 3.05) is 13.1 Å². The largest absolute Gasteiger partial charge is 0.357 e. The maximum Gasteiger partial charge on any atom is 0.191 e. The Hall–Kier alpha value is -1.16. The Kier molecular flexibility index (Phi) is 7.47. The fourth-order valence-electron chi connectivity index (χ4n) is 2.74. The van der Waals surface area contributed by atoms with Gasteiger partial charge in [-0.3, -0.25) is 0 Å². The zero-order chi connectivity index (χ0) is 16.1. The molecule has 1 unspecified atom stereocenters. The van der Waals surface area contributed by atoms with Crippen molar-refractivity contribution in [3.05, 3.63) is 34.0 Å². The summed E-state index contributed by atoms with van der Waals surface area (Å²) in [5.74, 6) is 3.35. The van der Waals surface area contributed by atoms with Gasteiger partial charge in [0.05, 0.1) is 0 Å². The molecule has 1 atom stereocenters. The first-order chi connectivity index (χ1) is 11.3. The number of aryl methyl sites for hydroxylation is 1. The van der Waals surface area contributed by atoms with Crippen molar-refractivity contribution in [3.8, 4) is 0 Å². The van der Waals surface area contributed by atoms with Crippen molar-refractivity contribution in [2.45, 2.75) is 45.7 Å². The molecule has 2 N–H and O–H groups in total. The van der Waals surface area contributed by atoms with Crippen LogP contribution in [0.25, 0.3) is 0 Å². The molecule has 1 aliphatic rings. The van der Waals surface area contributed by atoms with Crippen LogP contribution in [0.2, 0.25) is 0 Å². The summed E-state index contributed by atoms with van der Waals surface area (Å²) in [6.07, 6.45) is 2.20. The Morgan fingerprint density at radius 1 is 1.42 bits per heavy atom. The fourth-order valence-corrected chi connectivity index (χ4v) is 3.52. The van der Waals surface area contributed by atoms with Crippen LogP contribution in [0, 0.1) is 0 Å². The van der Waals surface area contributed by atoms with Crippen LogP contribution in [-0.4, -0.2) is 33.8 Å². The molecule has 132 valence electrons. The van der Waals surface area contributed by atoms with Gasteiger partial charge in [-0.25, -0.2) is 4.99 Å². The summed E-state index contributed by atoms with van der Waals surface area (Å²) < 4.78 is 2.20. The maximum atomic E-state index is 4.66. The zero-order valence-electron chi connectivity index (χ0n) is 14.2. The molecule has 0 spiro atoms. The Morgan fingerprint density at radius 2 is 2.29 bits per heavy atom. The van der Waals surface area contributed by atoms with Crippen molar-refractivity contribution in [1.29, 1.82) is 0 Å². The summed E-state index contributed by atoms with van der Waals surface area (Å²) in [6.45, 7) is 7.59. The van der Waals surface area contributed by atoms with Gasteiger partial charge in [-0.05, 0) is 41.7 Å². The lowest BCUT2D eigenvalue weighted by atomic mass is 10.1. The number of hydrogen-bond donors (Lipinski definition) is 2. The molecule has 2 aromatic rings. The molecule has 3 rings (SSSR count). The molecule has 0 amide bonds. The number of fused-ring (bicyclic) bond motifs is 1. The average molecular weight is 460 g/mol. The molecule has 0 saturated carbocycles. The second kappa shape index (κ2) is 9.36. The van der Waals surface area contributed by atoms with Crippen LogP contribution < -0.4 is 10.6 Å². The average Bonchev–Trinajstić information content (AvgIpc) is 3.27. The predicted molar refractivity (Wildman–Crippen MR) is 109 cm³/mol. The lowest BCUT2D eigenvalue weighted by molar-refractivity contribution is 0.676. The summed E-state index contributed by atoms with van der Waals surface area (Å²) in [5, 5.41) is 19.5. The van der Waals surface area contributed by atoms with Crippen molar-refractivity contribution >= 4 is 41.3 Å². The minimum atomic E-state index is 0. The standard InChI is InChI=1S/C16H24N6S.HI/c1-3-17-16(18-9-12(2)13-6-8-23-11-13)19-10-15-21-20-14-5-4-7-22(14)15;/h6,8,11-12H,3-5,7,9-10H2,1-2H3,(H2,17,18,19);1H. The maximum absolute atomic E-state index is 4.66. The number of rotatable bonds is 6. The molecular weight excluding hydrogens is 435 g/mol. The van der Waals surface area contributed by atoms with E-state index < -0.39 is 0 Å². The summed E-state index contributed by atoms with van der Waals surface area (Å²) in [6, 6.07) is 2.18. The van der Waals surface area contributed by atoms with Gasteiger partial charge >= 0.3 is 0 Å². The summed E-state index contributed by atoms with van der Waals surface area (Å²) >= 11 is 1.74. The van der Waals surface area contributed by atoms with Gasteiger partial charge in [0.25, 0.3) is 0 Å². The van der Waals surface area contributed by atoms with Crippen LogP contribution in [0.15, 0.2) is 21.8 Å². The molecule has 0 aliphatic carbocycles. The number of hydrogen-bond acceptors (Lipinski definition) is 4. The van der Waals surface area contributed by atoms with Crippen LogP contribution in [-0.2, 0) is 19.5 Å². The molecule has 0 saturated heterocycles. The van der Waals surface area contributed by atoms with Crippen LogP contribution in [0.1, 0.15) is 43.4 Å². The second-order valence-electron chi connectivity index (χ2n) is 5.82. The lowest BCUT2D eigenvalue weighted by Gasteiger charge is -2.15. The number of guanidine groups is 1. The Labute approximate surface area is 164 Å². The van der Waals surface area contributed by atoms with Gasteiger partial charge in [0.15, 0.2) is 11.8 Å². The van der Waals surface area contributed by atoms with E-state index in [0.29, 0.717) is 12.5 Å². The number of halogens is 1. The lowest BCUT2D eigenvalue weighted by Crippen LogP contribution is -2.39. The molecule has 0 radical (unpaired) electrons. The third-order valence-corrected chi connectivity index (χ3v) is 4.80. The van der Waals surface area contributed by atoms with Gasteiger partial charge in [0.1, 0.15) is 12.4 Å². The second-order valence-corrected chi connectivity index (χ2v) is 6.60. The van der Waals surface area contributed by atoms with Crippen molar-refractivity contribution in [2.24, 2.45) is 4.99 Å². The van der Waals surface area contributed by atoms with Gasteiger partial charge in [0.2, 0.25) is 0 Å². The highest BCUT2D eigenvalue weighted by atomic mass is 127. The molecule has 3 heterocycles. The highest BCUT2D eigenvalue weighted by molar-refractivity contribution is 14.0. The van der Waals surface area contributed by atoms with E-state index in [1.807, 2.05) is 0 Å². The summed E-state index contributed by atoms with van der Waals surface area (Å²) in [7, 11) is 0. The van der Waals surface area contributed by atoms with E-state index >= 15 is 0 Å². The van der Waals surface area contributed by atoms with Gasteiger partial charge in [-0.2, -0.15) is 11.3 Å². The number of aliphatic imine (C=N–C) groups is 1. The quantitative estimate of drug-likeness (QED) is 0.395. The topological polar surface area (TPSA) is 67.1 Å². The molecular formula is C16H25IN6S. The minimum absolute atomic E-state index is 0. The Morgan fingerprint density at radius 3 is 3.04 bits per heavy atom. The highest BCUT2D eigenvalue weighted by Crippen LogP contribution is 2.17. The van der Waals surface area contributed by atoms with E-state index in [1.165, 1.54) is 5.56 Å². The van der Waals surface area contributed by atoms with E-state index in [0.717, 1.165) is 50.1 Å². The molecule has 2 aromatic heterocycles. The predicted octanol–water partition coefficient (Wildman–Crippen LogP) is 2.76. The van der Waals surface area contributed by atoms with E-state index in [9.17, 15) is 0 Å². The SMILES string of the molecule is CCNC(=NCc1nnc2n1CCC2)NCC(C)c1ccsc1.I. The van der Waals surface area contributed by atoms with Crippen LogP contribution in [0.4, 0.5) is 0 Å². The minimum Gasteiger partial charge on any atom is -0.357 e. The smallest absolute Gasteiger partial charge is 0.191 e. The highest BCUT2D eigenvalue weighted by Gasteiger charge is 2.16. The molecule has 6 nitrogen and oxygen atoms in total. The molecule has 0 aromatic carbocycles. The molecule has 0 bridgehead atoms. The van der Waals surface area contributed by atoms with Crippen molar-refractivity contribution < 1.29 is 0 Å². The first kappa shape index (κ1) is 19.2. The Bertz CT molecular complexity index is 652. The number of nitrogens with zero attached hydrogens (tertiary/aromatic N) is 4. The number of aromatic nitrogens is 3. The zero-order valence-corrected chi connectivity index (χ0v) is 17.3. The number of nitrogens with one attached hydrogen (secondary N) is 2. The van der Waals surface area contributed by atoms with Crippen LogP contribution in [0.5, 0.6) is 0 Å². The first-order valence-corrected chi connectivity index (χ1v) is 9.17. The van der Waals surface area contributed by atoms with E-state index in [-0.39, 0.29) is 24.0 Å². The van der Waals surface area contributed by atoms with Gasteiger partial charge < -0.3 is 15.2 Å². The van der Waals surface area contributed by atoms with Gasteiger partial charge in [-0.15, -0.1) is 34.2 Å². The molecule has 24 heavy (non-hydrogen) atoms. The van der Waals surface area contributed by atoms with E-state index in [2.05, 4.69) is 61.1 Å². The normalized spacial score (nSPS) is 14.8. The Balaban J connectivity index is 0.00000208. The van der Waals surface area contributed by atoms with Gasteiger partial charge in [-0.1, -0.05) is 6.92 Å². The van der Waals surface area contributed by atoms with E-state index in [4.69, 9.17) is 0 Å². The monoisotopic (exact) mass is 460 g/mol. The van der Waals surface area contributed by atoms with Gasteiger partial charge in [0, 0.05) is 26.1 Å². The van der Waals surface area contributed by atoms with E-state index in [1.54, 1.807) is 11.3 Å². The van der Waals surface area contributed by atoms with Crippen molar-refractivity contribution in [1.82, 2.24) is 25.4 Å². The number of thiophene rings is 1. The molecule has 0 fully saturated rings. The molecule has 8 heteroatoms. The van der Waals surface area contributed by atoms with Crippen LogP contribution in [0.3, 0.4) is 0 Å². The third-order valence-electron chi connectivity index (χ3n) is 4.10. The third kappa shape index (κ3) is 4.69.